The molecule has 1 aliphatic carbocycles. The van der Waals surface area contributed by atoms with Gasteiger partial charge in [0.2, 0.25) is 5.95 Å². The number of hydrogen-bond donors (Lipinski definition) is 3. The maximum Gasteiger partial charge on any atom is 0.354 e. The van der Waals surface area contributed by atoms with Gasteiger partial charge in [0.05, 0.1) is 7.11 Å². The van der Waals surface area contributed by atoms with E-state index in [4.69, 9.17) is 16.2 Å². The molecule has 32 heavy (non-hydrogen) atoms. The average Bonchev–Trinajstić information content (AvgIpc) is 3.22. The summed E-state index contributed by atoms with van der Waals surface area (Å²) >= 11 is 0. The van der Waals surface area contributed by atoms with Gasteiger partial charge >= 0.3 is 5.97 Å². The Labute approximate surface area is 186 Å². The van der Waals surface area contributed by atoms with E-state index in [0.717, 1.165) is 52.8 Å². The number of aromatic nitrogens is 3. The first-order chi connectivity index (χ1) is 15.5. The van der Waals surface area contributed by atoms with Crippen molar-refractivity contribution in [2.45, 2.75) is 24.7 Å². The van der Waals surface area contributed by atoms with Gasteiger partial charge in [0, 0.05) is 59.7 Å². The topological polar surface area (TPSA) is 132 Å². The molecule has 2 aromatic heterocycles. The maximum atomic E-state index is 12.3. The molecule has 0 radical (unpaired) electrons. The fraction of sp³-hybridized carbons (Fsp3) is 0.250. The van der Waals surface area contributed by atoms with Crippen molar-refractivity contribution < 1.29 is 9.53 Å². The third-order valence-corrected chi connectivity index (χ3v) is 6.11. The van der Waals surface area contributed by atoms with E-state index in [-0.39, 0.29) is 11.4 Å². The summed E-state index contributed by atoms with van der Waals surface area (Å²) in [5.41, 5.74) is 17.3. The SMILES string of the molecule is CN=C/C(=C\N)c1cc(C(=O)OC)[nH]c1C1(c2ccc(-c3cnc(N)nc3)cc2)CCC1. The molecule has 0 amide bonds. The summed E-state index contributed by atoms with van der Waals surface area (Å²) < 4.78 is 4.95. The number of hydrogen-bond acceptors (Lipinski definition) is 7. The zero-order valence-corrected chi connectivity index (χ0v) is 18.1. The summed E-state index contributed by atoms with van der Waals surface area (Å²) in [7, 11) is 3.06. The lowest BCUT2D eigenvalue weighted by atomic mass is 9.61. The van der Waals surface area contributed by atoms with Gasteiger partial charge in [-0.3, -0.25) is 4.99 Å². The lowest BCUT2D eigenvalue weighted by Gasteiger charge is -2.43. The number of aliphatic imine (C=N–C) groups is 1. The van der Waals surface area contributed by atoms with Crippen molar-refractivity contribution >= 4 is 23.7 Å². The fourth-order valence-corrected chi connectivity index (χ4v) is 4.30. The molecule has 0 saturated heterocycles. The van der Waals surface area contributed by atoms with Crippen LogP contribution in [0.1, 0.15) is 46.6 Å². The summed E-state index contributed by atoms with van der Waals surface area (Å²) in [6.07, 6.45) is 9.62. The lowest BCUT2D eigenvalue weighted by Crippen LogP contribution is -2.36. The number of allylic oxidation sites excluding steroid dienone is 1. The second kappa shape index (κ2) is 8.66. The van der Waals surface area contributed by atoms with Crippen LogP contribution in [0.4, 0.5) is 5.95 Å². The van der Waals surface area contributed by atoms with Crippen LogP contribution < -0.4 is 11.5 Å². The Kier molecular flexibility index (Phi) is 5.77. The van der Waals surface area contributed by atoms with Gasteiger partial charge in [0.15, 0.2) is 0 Å². The molecule has 0 unspecified atom stereocenters. The summed E-state index contributed by atoms with van der Waals surface area (Å²) in [4.78, 5) is 27.9. The summed E-state index contributed by atoms with van der Waals surface area (Å²) in [6.45, 7) is 0. The average molecular weight is 431 g/mol. The van der Waals surface area contributed by atoms with Gasteiger partial charge in [-0.25, -0.2) is 14.8 Å². The molecular weight excluding hydrogens is 404 g/mol. The van der Waals surface area contributed by atoms with Gasteiger partial charge in [-0.1, -0.05) is 30.7 Å². The highest BCUT2D eigenvalue weighted by molar-refractivity contribution is 6.11. The Morgan fingerprint density at radius 3 is 2.41 bits per heavy atom. The molecule has 164 valence electrons. The number of nitrogens with one attached hydrogen (secondary N) is 1. The molecule has 1 aromatic carbocycles. The molecule has 8 nitrogen and oxygen atoms in total. The summed E-state index contributed by atoms with van der Waals surface area (Å²) in [5, 5.41) is 0. The standard InChI is InChI=1S/C24H26N6O2/c1-27-12-16(11-25)19-10-20(22(31)32-2)30-21(19)24(8-3-9-24)18-6-4-15(5-7-18)17-13-28-23(26)29-14-17/h4-7,10-14,30H,3,8-9,25H2,1-2H3,(H2,26,28,29)/b16-11+,27-12?. The highest BCUT2D eigenvalue weighted by Crippen LogP contribution is 2.50. The Morgan fingerprint density at radius 1 is 1.19 bits per heavy atom. The molecular formula is C24H26N6O2. The Balaban J connectivity index is 1.79. The van der Waals surface area contributed by atoms with Crippen molar-refractivity contribution in [1.29, 1.82) is 0 Å². The van der Waals surface area contributed by atoms with E-state index in [1.165, 1.54) is 13.3 Å². The van der Waals surface area contributed by atoms with Crippen LogP contribution in [-0.2, 0) is 10.2 Å². The van der Waals surface area contributed by atoms with Gasteiger partial charge in [-0.2, -0.15) is 0 Å². The van der Waals surface area contributed by atoms with Gasteiger partial charge in [-0.05, 0) is 30.0 Å². The van der Waals surface area contributed by atoms with Crippen molar-refractivity contribution in [2.24, 2.45) is 10.7 Å². The number of H-pyrrole nitrogens is 1. The van der Waals surface area contributed by atoms with E-state index in [0.29, 0.717) is 5.69 Å². The van der Waals surface area contributed by atoms with Crippen LogP contribution in [0.3, 0.4) is 0 Å². The van der Waals surface area contributed by atoms with Crippen molar-refractivity contribution in [3.05, 3.63) is 71.4 Å². The number of carbonyl (C=O) groups is 1. The fourth-order valence-electron chi connectivity index (χ4n) is 4.30. The first kappa shape index (κ1) is 21.3. The minimum absolute atomic E-state index is 0.249. The molecule has 5 N–H and O–H groups in total. The van der Waals surface area contributed by atoms with E-state index < -0.39 is 5.97 Å². The van der Waals surface area contributed by atoms with Crippen LogP contribution >= 0.6 is 0 Å². The zero-order valence-electron chi connectivity index (χ0n) is 18.1. The van der Waals surface area contributed by atoms with Gasteiger partial charge in [0.1, 0.15) is 5.69 Å². The Bertz CT molecular complexity index is 1170. The Hall–Kier alpha value is -3.94. The molecule has 8 heteroatoms. The number of nitrogen functional groups attached to an aromatic ring is 1. The van der Waals surface area contributed by atoms with Crippen molar-refractivity contribution in [2.75, 3.05) is 19.9 Å². The molecule has 0 atom stereocenters. The van der Waals surface area contributed by atoms with Crippen LogP contribution in [-0.4, -0.2) is 41.3 Å². The summed E-state index contributed by atoms with van der Waals surface area (Å²) in [5.74, 6) is -0.172. The number of aromatic amines is 1. The highest BCUT2D eigenvalue weighted by atomic mass is 16.5. The third-order valence-electron chi connectivity index (χ3n) is 6.11. The van der Waals surface area contributed by atoms with Crippen LogP contribution in [0.5, 0.6) is 0 Å². The Morgan fingerprint density at radius 2 is 1.88 bits per heavy atom. The number of nitrogens with two attached hydrogens (primary N) is 2. The molecule has 1 saturated carbocycles. The van der Waals surface area contributed by atoms with Crippen LogP contribution in [0.15, 0.2) is 53.9 Å². The van der Waals surface area contributed by atoms with Crippen molar-refractivity contribution in [3.8, 4) is 11.1 Å². The largest absolute Gasteiger partial charge is 0.464 e. The van der Waals surface area contributed by atoms with Crippen molar-refractivity contribution in [3.63, 3.8) is 0 Å². The maximum absolute atomic E-state index is 12.3. The second-order valence-corrected chi connectivity index (χ2v) is 7.82. The molecule has 1 aliphatic rings. The van der Waals surface area contributed by atoms with E-state index in [1.54, 1.807) is 31.7 Å². The van der Waals surface area contributed by atoms with E-state index in [2.05, 4.69) is 44.2 Å². The minimum Gasteiger partial charge on any atom is -0.464 e. The first-order valence-electron chi connectivity index (χ1n) is 10.4. The number of anilines is 1. The monoisotopic (exact) mass is 430 g/mol. The predicted octanol–water partition coefficient (Wildman–Crippen LogP) is 3.31. The molecule has 4 rings (SSSR count). The zero-order chi connectivity index (χ0) is 22.7. The van der Waals surface area contributed by atoms with Gasteiger partial charge in [0.25, 0.3) is 0 Å². The molecule has 1 fully saturated rings. The molecule has 0 bridgehead atoms. The number of carbonyl (C=O) groups excluding carboxylic acids is 1. The number of methoxy groups -OCH3 is 1. The van der Waals surface area contributed by atoms with Crippen LogP contribution in [0.2, 0.25) is 0 Å². The van der Waals surface area contributed by atoms with E-state index in [1.807, 2.05) is 0 Å². The molecule has 2 heterocycles. The van der Waals surface area contributed by atoms with E-state index in [9.17, 15) is 4.79 Å². The summed E-state index contributed by atoms with van der Waals surface area (Å²) in [6, 6.07) is 10.1. The smallest absolute Gasteiger partial charge is 0.354 e. The third kappa shape index (κ3) is 3.64. The highest BCUT2D eigenvalue weighted by Gasteiger charge is 2.43. The van der Waals surface area contributed by atoms with Crippen LogP contribution in [0.25, 0.3) is 16.7 Å². The number of ether oxygens (including phenoxy) is 1. The number of esters is 1. The molecule has 0 spiro atoms. The van der Waals surface area contributed by atoms with E-state index >= 15 is 0 Å². The van der Waals surface area contributed by atoms with Crippen molar-refractivity contribution in [1.82, 2.24) is 15.0 Å². The number of nitrogens with zero attached hydrogens (tertiary/aromatic N) is 3. The molecule has 3 aromatic rings. The number of benzene rings is 1. The van der Waals surface area contributed by atoms with Gasteiger partial charge in [-0.15, -0.1) is 0 Å². The van der Waals surface area contributed by atoms with Crippen LogP contribution in [0, 0.1) is 0 Å². The minimum atomic E-state index is -0.421. The molecule has 0 aliphatic heterocycles. The second-order valence-electron chi connectivity index (χ2n) is 7.82. The van der Waals surface area contributed by atoms with Gasteiger partial charge < -0.3 is 21.2 Å². The number of rotatable bonds is 6. The predicted molar refractivity (Wildman–Crippen MR) is 125 cm³/mol. The quantitative estimate of drug-likeness (QED) is 0.406. The lowest BCUT2D eigenvalue weighted by molar-refractivity contribution is 0.0594. The normalized spacial score (nSPS) is 15.5. The first-order valence-corrected chi connectivity index (χ1v) is 10.4.